The summed E-state index contributed by atoms with van der Waals surface area (Å²) < 4.78 is 15.2. The van der Waals surface area contributed by atoms with Gasteiger partial charge in [0, 0.05) is 18.2 Å². The predicted octanol–water partition coefficient (Wildman–Crippen LogP) is 2.93. The summed E-state index contributed by atoms with van der Waals surface area (Å²) in [4.78, 5) is 4.46. The highest BCUT2D eigenvalue weighted by Gasteiger charge is 2.13. The van der Waals surface area contributed by atoms with Crippen molar-refractivity contribution in [3.05, 3.63) is 36.7 Å². The van der Waals surface area contributed by atoms with Crippen LogP contribution >= 0.6 is 11.8 Å². The molecule has 0 saturated heterocycles. The van der Waals surface area contributed by atoms with E-state index in [4.69, 9.17) is 0 Å². The third-order valence-electron chi connectivity index (χ3n) is 2.87. The fourth-order valence-corrected chi connectivity index (χ4v) is 2.53. The molecule has 0 atom stereocenters. The second kappa shape index (κ2) is 4.62. The Labute approximate surface area is 113 Å². The van der Waals surface area contributed by atoms with E-state index in [1.807, 2.05) is 11.6 Å². The number of aromatic nitrogens is 4. The Morgan fingerprint density at radius 1 is 1.42 bits per heavy atom. The maximum atomic E-state index is 13.3. The number of nitrogens with zero attached hydrogens (tertiary/aromatic N) is 4. The van der Waals surface area contributed by atoms with Crippen LogP contribution in [0.5, 0.6) is 0 Å². The van der Waals surface area contributed by atoms with E-state index in [1.54, 1.807) is 12.1 Å². The molecule has 0 unspecified atom stereocenters. The van der Waals surface area contributed by atoms with Gasteiger partial charge < -0.3 is 4.57 Å². The van der Waals surface area contributed by atoms with Gasteiger partial charge in [-0.05, 0) is 18.2 Å². The lowest BCUT2D eigenvalue weighted by Crippen LogP contribution is -1.95. The normalized spacial score (nSPS) is 11.3. The Morgan fingerprint density at radius 2 is 2.26 bits per heavy atom. The first-order chi connectivity index (χ1) is 9.20. The van der Waals surface area contributed by atoms with Gasteiger partial charge in [-0.2, -0.15) is 0 Å². The smallest absolute Gasteiger partial charge is 0.211 e. The second-order valence-corrected chi connectivity index (χ2v) is 5.07. The summed E-state index contributed by atoms with van der Waals surface area (Å²) in [6.45, 7) is 3.66. The average molecular weight is 274 g/mol. The molecule has 1 aromatic carbocycles. The number of aryl methyl sites for hydroxylation is 1. The quantitative estimate of drug-likeness (QED) is 0.544. The molecule has 0 aliphatic carbocycles. The van der Waals surface area contributed by atoms with E-state index in [1.165, 1.54) is 23.9 Å². The highest BCUT2D eigenvalue weighted by Crippen LogP contribution is 2.26. The third kappa shape index (κ3) is 1.98. The van der Waals surface area contributed by atoms with Crippen molar-refractivity contribution in [1.82, 2.24) is 19.7 Å². The van der Waals surface area contributed by atoms with Crippen molar-refractivity contribution in [2.45, 2.75) is 5.16 Å². The SMILES string of the molecule is C=CCSc1nnc2c3cc(F)ccc3n(C)c2n1. The highest BCUT2D eigenvalue weighted by molar-refractivity contribution is 7.99. The molecule has 4 nitrogen and oxygen atoms in total. The van der Waals surface area contributed by atoms with E-state index in [-0.39, 0.29) is 5.82 Å². The van der Waals surface area contributed by atoms with Crippen molar-refractivity contribution in [3.63, 3.8) is 0 Å². The van der Waals surface area contributed by atoms with Crippen molar-refractivity contribution in [1.29, 1.82) is 0 Å². The van der Waals surface area contributed by atoms with E-state index in [2.05, 4.69) is 21.8 Å². The molecule has 0 N–H and O–H groups in total. The molecular weight excluding hydrogens is 263 g/mol. The van der Waals surface area contributed by atoms with Crippen LogP contribution in [-0.2, 0) is 7.05 Å². The summed E-state index contributed by atoms with van der Waals surface area (Å²) >= 11 is 1.47. The minimum absolute atomic E-state index is 0.285. The zero-order valence-electron chi connectivity index (χ0n) is 10.3. The second-order valence-electron chi connectivity index (χ2n) is 4.09. The molecule has 0 radical (unpaired) electrons. The van der Waals surface area contributed by atoms with Gasteiger partial charge in [0.2, 0.25) is 5.16 Å². The Bertz CT molecular complexity index is 781. The van der Waals surface area contributed by atoms with Crippen LogP contribution in [0.3, 0.4) is 0 Å². The van der Waals surface area contributed by atoms with Crippen LogP contribution in [0, 0.1) is 5.82 Å². The molecular formula is C13H11FN4S. The molecule has 0 bridgehead atoms. The van der Waals surface area contributed by atoms with Gasteiger partial charge in [0.25, 0.3) is 0 Å². The van der Waals surface area contributed by atoms with E-state index < -0.39 is 0 Å². The zero-order chi connectivity index (χ0) is 13.4. The van der Waals surface area contributed by atoms with Gasteiger partial charge in [0.15, 0.2) is 5.65 Å². The van der Waals surface area contributed by atoms with Crippen molar-refractivity contribution >= 4 is 33.8 Å². The van der Waals surface area contributed by atoms with Crippen LogP contribution in [-0.4, -0.2) is 25.5 Å². The topological polar surface area (TPSA) is 43.6 Å². The summed E-state index contributed by atoms with van der Waals surface area (Å²) in [6.07, 6.45) is 1.79. The van der Waals surface area contributed by atoms with E-state index in [9.17, 15) is 4.39 Å². The van der Waals surface area contributed by atoms with Crippen LogP contribution in [0.2, 0.25) is 0 Å². The largest absolute Gasteiger partial charge is 0.327 e. The van der Waals surface area contributed by atoms with Crippen molar-refractivity contribution in [2.24, 2.45) is 7.05 Å². The Balaban J connectivity index is 2.26. The molecule has 0 aliphatic heterocycles. The maximum absolute atomic E-state index is 13.3. The zero-order valence-corrected chi connectivity index (χ0v) is 11.1. The van der Waals surface area contributed by atoms with Crippen LogP contribution < -0.4 is 0 Å². The lowest BCUT2D eigenvalue weighted by Gasteiger charge is -1.98. The average Bonchev–Trinajstić information content (AvgIpc) is 2.69. The number of hydrogen-bond donors (Lipinski definition) is 0. The molecule has 96 valence electrons. The number of hydrogen-bond acceptors (Lipinski definition) is 4. The van der Waals surface area contributed by atoms with Crippen molar-refractivity contribution in [3.8, 4) is 0 Å². The first kappa shape index (κ1) is 12.1. The predicted molar refractivity (Wildman–Crippen MR) is 74.7 cm³/mol. The van der Waals surface area contributed by atoms with Crippen LogP contribution in [0.25, 0.3) is 22.1 Å². The first-order valence-corrected chi connectivity index (χ1v) is 6.71. The molecule has 19 heavy (non-hydrogen) atoms. The lowest BCUT2D eigenvalue weighted by molar-refractivity contribution is 0.629. The van der Waals surface area contributed by atoms with Crippen molar-refractivity contribution < 1.29 is 4.39 Å². The van der Waals surface area contributed by atoms with Crippen LogP contribution in [0.15, 0.2) is 36.0 Å². The molecule has 0 aliphatic rings. The summed E-state index contributed by atoms with van der Waals surface area (Å²) in [5.74, 6) is 0.443. The lowest BCUT2D eigenvalue weighted by atomic mass is 10.2. The maximum Gasteiger partial charge on any atom is 0.211 e. The molecule has 0 fully saturated rings. The number of benzene rings is 1. The van der Waals surface area contributed by atoms with Gasteiger partial charge in [-0.1, -0.05) is 17.8 Å². The number of fused-ring (bicyclic) bond motifs is 3. The minimum atomic E-state index is -0.285. The van der Waals surface area contributed by atoms with Crippen LogP contribution in [0.1, 0.15) is 0 Å². The molecule has 3 aromatic rings. The standard InChI is InChI=1S/C13H11FN4S/c1-3-6-19-13-15-12-11(16-17-13)9-7-8(14)4-5-10(9)18(12)2/h3-5,7H,1,6H2,2H3. The highest BCUT2D eigenvalue weighted by atomic mass is 32.2. The fraction of sp³-hybridized carbons (Fsp3) is 0.154. The van der Waals surface area contributed by atoms with E-state index >= 15 is 0 Å². The third-order valence-corrected chi connectivity index (χ3v) is 3.71. The Kier molecular flexibility index (Phi) is 2.94. The number of halogens is 1. The van der Waals surface area contributed by atoms with Crippen molar-refractivity contribution in [2.75, 3.05) is 5.75 Å². The van der Waals surface area contributed by atoms with Gasteiger partial charge in [-0.25, -0.2) is 9.37 Å². The number of rotatable bonds is 3. The van der Waals surface area contributed by atoms with Gasteiger partial charge in [-0.15, -0.1) is 16.8 Å². The summed E-state index contributed by atoms with van der Waals surface area (Å²) in [5.41, 5.74) is 2.23. The molecule has 0 amide bonds. The summed E-state index contributed by atoms with van der Waals surface area (Å²) in [7, 11) is 1.89. The van der Waals surface area contributed by atoms with E-state index in [0.717, 1.165) is 16.7 Å². The minimum Gasteiger partial charge on any atom is -0.327 e. The van der Waals surface area contributed by atoms with Gasteiger partial charge >= 0.3 is 0 Å². The van der Waals surface area contributed by atoms with Gasteiger partial charge in [0.05, 0.1) is 5.52 Å². The number of thioether (sulfide) groups is 1. The molecule has 2 aromatic heterocycles. The summed E-state index contributed by atoms with van der Waals surface area (Å²) in [6, 6.07) is 4.62. The van der Waals surface area contributed by atoms with Gasteiger partial charge in [-0.3, -0.25) is 0 Å². The fourth-order valence-electron chi connectivity index (χ4n) is 2.01. The van der Waals surface area contributed by atoms with E-state index in [0.29, 0.717) is 16.3 Å². The van der Waals surface area contributed by atoms with Crippen LogP contribution in [0.4, 0.5) is 4.39 Å². The summed E-state index contributed by atoms with van der Waals surface area (Å²) in [5, 5.41) is 9.55. The monoisotopic (exact) mass is 274 g/mol. The molecule has 0 spiro atoms. The molecule has 3 rings (SSSR count). The molecule has 2 heterocycles. The molecule has 0 saturated carbocycles. The Hall–Kier alpha value is -1.95. The van der Waals surface area contributed by atoms with Gasteiger partial charge in [0.1, 0.15) is 11.3 Å². The first-order valence-electron chi connectivity index (χ1n) is 5.73. The Morgan fingerprint density at radius 3 is 3.05 bits per heavy atom. The molecule has 6 heteroatoms.